The second-order valence-corrected chi connectivity index (χ2v) is 5.10. The molecule has 0 nitrogen and oxygen atoms in total. The molecule has 0 unspecified atom stereocenters. The zero-order chi connectivity index (χ0) is 12.4. The van der Waals surface area contributed by atoms with Crippen LogP contribution in [0, 0.1) is 13.8 Å². The smallest absolute Gasteiger partial charge is 0.0152 e. The minimum Gasteiger partial charge on any atom is -0.0614 e. The normalized spacial score (nSPS) is 10.9. The van der Waals surface area contributed by atoms with Gasteiger partial charge in [0.05, 0.1) is 0 Å². The Labute approximate surface area is 104 Å². The lowest BCUT2D eigenvalue weighted by molar-refractivity contribution is 0.867. The summed E-state index contributed by atoms with van der Waals surface area (Å²) in [5.41, 5.74) is 6.75. The second-order valence-electron chi connectivity index (χ2n) is 5.10. The molecule has 0 heterocycles. The number of rotatable bonds is 2. The molecule has 0 aliphatic heterocycles. The largest absolute Gasteiger partial charge is 0.0614 e. The maximum Gasteiger partial charge on any atom is -0.0152 e. The molecule has 0 heteroatoms. The summed E-state index contributed by atoms with van der Waals surface area (Å²) in [6.45, 7) is 8.80. The molecule has 2 rings (SSSR count). The molecule has 0 aliphatic carbocycles. The van der Waals surface area contributed by atoms with E-state index in [2.05, 4.69) is 70.2 Å². The monoisotopic (exact) mass is 224 g/mol. The van der Waals surface area contributed by atoms with Crippen molar-refractivity contribution in [1.29, 1.82) is 0 Å². The first-order valence-electron chi connectivity index (χ1n) is 6.25. The molecule has 2 aromatic carbocycles. The van der Waals surface area contributed by atoms with E-state index < -0.39 is 0 Å². The lowest BCUT2D eigenvalue weighted by Gasteiger charge is -2.11. The maximum absolute atomic E-state index is 2.31. The van der Waals surface area contributed by atoms with Gasteiger partial charge in [-0.05, 0) is 42.0 Å². The lowest BCUT2D eigenvalue weighted by atomic mass is 9.94. The van der Waals surface area contributed by atoms with E-state index in [0.29, 0.717) is 5.92 Å². The summed E-state index contributed by atoms with van der Waals surface area (Å²) >= 11 is 0. The zero-order valence-corrected chi connectivity index (χ0v) is 11.1. The lowest BCUT2D eigenvalue weighted by Crippen LogP contribution is -1.89. The van der Waals surface area contributed by atoms with E-state index in [1.165, 1.54) is 27.8 Å². The van der Waals surface area contributed by atoms with Gasteiger partial charge in [-0.3, -0.25) is 0 Å². The molecule has 0 saturated heterocycles. The van der Waals surface area contributed by atoms with Crippen LogP contribution in [0.25, 0.3) is 11.1 Å². The molecule has 0 aliphatic rings. The second kappa shape index (κ2) is 4.75. The Bertz CT molecular complexity index is 521. The average molecular weight is 224 g/mol. The van der Waals surface area contributed by atoms with Crippen LogP contribution in [0.15, 0.2) is 42.5 Å². The van der Waals surface area contributed by atoms with Gasteiger partial charge < -0.3 is 0 Å². The van der Waals surface area contributed by atoms with Gasteiger partial charge in [-0.15, -0.1) is 0 Å². The molecule has 0 atom stereocenters. The molecule has 2 aromatic rings. The topological polar surface area (TPSA) is 0 Å². The molecule has 0 saturated carbocycles. The maximum atomic E-state index is 2.31. The average Bonchev–Trinajstić information content (AvgIpc) is 2.32. The first-order valence-corrected chi connectivity index (χ1v) is 6.25. The molecule has 0 aromatic heterocycles. The van der Waals surface area contributed by atoms with E-state index in [1.54, 1.807) is 0 Å². The van der Waals surface area contributed by atoms with Crippen molar-refractivity contribution in [1.82, 2.24) is 0 Å². The van der Waals surface area contributed by atoms with E-state index in [-0.39, 0.29) is 0 Å². The van der Waals surface area contributed by atoms with Crippen molar-refractivity contribution in [3.05, 3.63) is 59.2 Å². The SMILES string of the molecule is Cc1ccc(C)c(-c2cccc(C(C)C)c2)c1. The van der Waals surface area contributed by atoms with Crippen LogP contribution in [0.4, 0.5) is 0 Å². The van der Waals surface area contributed by atoms with E-state index >= 15 is 0 Å². The first-order chi connectivity index (χ1) is 8.08. The summed E-state index contributed by atoms with van der Waals surface area (Å²) in [6, 6.07) is 15.5. The number of aryl methyl sites for hydroxylation is 2. The van der Waals surface area contributed by atoms with E-state index in [1.807, 2.05) is 0 Å². The van der Waals surface area contributed by atoms with Gasteiger partial charge in [0.2, 0.25) is 0 Å². The van der Waals surface area contributed by atoms with Gasteiger partial charge in [0, 0.05) is 0 Å². The summed E-state index contributed by atoms with van der Waals surface area (Å²) < 4.78 is 0. The highest BCUT2D eigenvalue weighted by molar-refractivity contribution is 5.68. The molecular weight excluding hydrogens is 204 g/mol. The van der Waals surface area contributed by atoms with Gasteiger partial charge in [-0.2, -0.15) is 0 Å². The highest BCUT2D eigenvalue weighted by Gasteiger charge is 2.05. The van der Waals surface area contributed by atoms with Crippen molar-refractivity contribution in [2.24, 2.45) is 0 Å². The van der Waals surface area contributed by atoms with Crippen LogP contribution in [0.1, 0.15) is 36.5 Å². The summed E-state index contributed by atoms with van der Waals surface area (Å²) in [4.78, 5) is 0. The Balaban J connectivity index is 2.52. The molecule has 17 heavy (non-hydrogen) atoms. The Morgan fingerprint density at radius 2 is 1.65 bits per heavy atom. The molecule has 0 bridgehead atoms. The predicted molar refractivity (Wildman–Crippen MR) is 75.4 cm³/mol. The molecule has 0 N–H and O–H groups in total. The Hall–Kier alpha value is -1.56. The van der Waals surface area contributed by atoms with Gasteiger partial charge in [0.1, 0.15) is 0 Å². The predicted octanol–water partition coefficient (Wildman–Crippen LogP) is 5.09. The minimum atomic E-state index is 0.583. The van der Waals surface area contributed by atoms with E-state index in [4.69, 9.17) is 0 Å². The summed E-state index contributed by atoms with van der Waals surface area (Å²) in [6.07, 6.45) is 0. The van der Waals surface area contributed by atoms with Crippen molar-refractivity contribution in [3.63, 3.8) is 0 Å². The molecule has 0 radical (unpaired) electrons. The molecule has 88 valence electrons. The van der Waals surface area contributed by atoms with Crippen molar-refractivity contribution in [2.75, 3.05) is 0 Å². The first kappa shape index (κ1) is 11.9. The van der Waals surface area contributed by atoms with Crippen molar-refractivity contribution >= 4 is 0 Å². The van der Waals surface area contributed by atoms with Crippen molar-refractivity contribution in [2.45, 2.75) is 33.6 Å². The van der Waals surface area contributed by atoms with Crippen LogP contribution < -0.4 is 0 Å². The van der Waals surface area contributed by atoms with Crippen LogP contribution in [0.2, 0.25) is 0 Å². The molecule has 0 fully saturated rings. The summed E-state index contributed by atoms with van der Waals surface area (Å²) in [5.74, 6) is 0.583. The Kier molecular flexibility index (Phi) is 3.33. The third kappa shape index (κ3) is 2.58. The third-order valence-corrected chi connectivity index (χ3v) is 3.26. The van der Waals surface area contributed by atoms with Gasteiger partial charge in [-0.1, -0.05) is 61.9 Å². The van der Waals surface area contributed by atoms with Crippen LogP contribution in [-0.4, -0.2) is 0 Å². The van der Waals surface area contributed by atoms with Crippen LogP contribution in [-0.2, 0) is 0 Å². The zero-order valence-electron chi connectivity index (χ0n) is 11.1. The number of benzene rings is 2. The van der Waals surface area contributed by atoms with Gasteiger partial charge in [0.25, 0.3) is 0 Å². The fraction of sp³-hybridized carbons (Fsp3) is 0.294. The van der Waals surface area contributed by atoms with E-state index in [0.717, 1.165) is 0 Å². The quantitative estimate of drug-likeness (QED) is 0.666. The fourth-order valence-electron chi connectivity index (χ4n) is 2.11. The van der Waals surface area contributed by atoms with E-state index in [9.17, 15) is 0 Å². The van der Waals surface area contributed by atoms with Crippen molar-refractivity contribution < 1.29 is 0 Å². The molecule has 0 amide bonds. The Morgan fingerprint density at radius 1 is 0.882 bits per heavy atom. The summed E-state index contributed by atoms with van der Waals surface area (Å²) in [7, 11) is 0. The highest BCUT2D eigenvalue weighted by Crippen LogP contribution is 2.27. The molecular formula is C17H20. The standard InChI is InChI=1S/C17H20/c1-12(2)15-6-5-7-16(11-15)17-10-13(3)8-9-14(17)4/h5-12H,1-4H3. The van der Waals surface area contributed by atoms with Gasteiger partial charge in [0.15, 0.2) is 0 Å². The fourth-order valence-corrected chi connectivity index (χ4v) is 2.11. The summed E-state index contributed by atoms with van der Waals surface area (Å²) in [5, 5.41) is 0. The Morgan fingerprint density at radius 3 is 2.35 bits per heavy atom. The highest BCUT2D eigenvalue weighted by atomic mass is 14.1. The number of hydrogen-bond donors (Lipinski definition) is 0. The third-order valence-electron chi connectivity index (χ3n) is 3.26. The van der Waals surface area contributed by atoms with Crippen molar-refractivity contribution in [3.8, 4) is 11.1 Å². The molecule has 0 spiro atoms. The van der Waals surface area contributed by atoms with Crippen LogP contribution >= 0.6 is 0 Å². The number of hydrogen-bond acceptors (Lipinski definition) is 0. The van der Waals surface area contributed by atoms with Crippen LogP contribution in [0.5, 0.6) is 0 Å². The van der Waals surface area contributed by atoms with Gasteiger partial charge in [-0.25, -0.2) is 0 Å². The van der Waals surface area contributed by atoms with Crippen LogP contribution in [0.3, 0.4) is 0 Å². The van der Waals surface area contributed by atoms with Gasteiger partial charge >= 0.3 is 0 Å². The minimum absolute atomic E-state index is 0.583.